The highest BCUT2D eigenvalue weighted by atomic mass is 32.1. The lowest BCUT2D eigenvalue weighted by molar-refractivity contribution is -0.139. The van der Waals surface area contributed by atoms with Gasteiger partial charge in [0.15, 0.2) is 4.80 Å². The molecule has 0 amide bonds. The molecule has 0 fully saturated rings. The fraction of sp³-hybridized carbons (Fsp3) is 0.139. The summed E-state index contributed by atoms with van der Waals surface area (Å²) in [6.07, 6.45) is 1.97. The summed E-state index contributed by atoms with van der Waals surface area (Å²) in [7, 11) is 1.60. The number of carbonyl (C=O) groups excluding carboxylic acids is 1. The van der Waals surface area contributed by atoms with Gasteiger partial charge in [-0.1, -0.05) is 90.2 Å². The standard InChI is InChI=1S/C36H28N2O4S/c1-4-42-35(40)31-21(2)37-36-38(33(31)32-27-16-10-5-11-22(27)17-18-29(32)41-3)34(39)30(43-36)20-28-25-14-8-6-12-23(25)19-24-13-7-9-15-26(24)28/h5-20,33H,4H2,1-3H3. The summed E-state index contributed by atoms with van der Waals surface area (Å²) >= 11 is 1.32. The maximum absolute atomic E-state index is 14.5. The Bertz CT molecular complexity index is 2260. The smallest absolute Gasteiger partial charge is 0.338 e. The lowest BCUT2D eigenvalue weighted by Crippen LogP contribution is -2.40. The first kappa shape index (κ1) is 26.9. The van der Waals surface area contributed by atoms with E-state index in [2.05, 4.69) is 30.3 Å². The Morgan fingerprint density at radius 2 is 1.53 bits per heavy atom. The number of rotatable bonds is 5. The van der Waals surface area contributed by atoms with Crippen molar-refractivity contribution in [1.82, 2.24) is 4.57 Å². The second-order valence-electron chi connectivity index (χ2n) is 10.4. The zero-order chi connectivity index (χ0) is 29.7. The summed E-state index contributed by atoms with van der Waals surface area (Å²) in [4.78, 5) is 33.4. The SMILES string of the molecule is CCOC(=O)C1=C(C)N=c2sc(=Cc3c4ccccc4cc4ccccc34)c(=O)n2C1c1c(OC)ccc2ccccc12. The minimum absolute atomic E-state index is 0.202. The molecule has 1 unspecified atom stereocenters. The van der Waals surface area contributed by atoms with Crippen molar-refractivity contribution in [2.24, 2.45) is 4.99 Å². The first-order chi connectivity index (χ1) is 21.0. The van der Waals surface area contributed by atoms with Crippen LogP contribution in [0, 0.1) is 0 Å². The number of methoxy groups -OCH3 is 1. The van der Waals surface area contributed by atoms with Gasteiger partial charge in [-0.15, -0.1) is 0 Å². The number of hydrogen-bond acceptors (Lipinski definition) is 6. The van der Waals surface area contributed by atoms with Crippen molar-refractivity contribution in [3.63, 3.8) is 0 Å². The number of thiazole rings is 1. The van der Waals surface area contributed by atoms with Gasteiger partial charge < -0.3 is 9.47 Å². The van der Waals surface area contributed by atoms with Crippen LogP contribution in [0.15, 0.2) is 112 Å². The quantitative estimate of drug-likeness (QED) is 0.177. The van der Waals surface area contributed by atoms with E-state index in [1.165, 1.54) is 11.3 Å². The van der Waals surface area contributed by atoms with E-state index in [0.717, 1.165) is 43.4 Å². The fourth-order valence-electron chi connectivity index (χ4n) is 6.14. The van der Waals surface area contributed by atoms with Gasteiger partial charge in [0, 0.05) is 5.56 Å². The molecule has 6 nitrogen and oxygen atoms in total. The highest BCUT2D eigenvalue weighted by Crippen LogP contribution is 2.40. The molecule has 0 spiro atoms. The van der Waals surface area contributed by atoms with E-state index in [1.807, 2.05) is 66.7 Å². The molecule has 1 aromatic heterocycles. The van der Waals surface area contributed by atoms with Crippen molar-refractivity contribution < 1.29 is 14.3 Å². The number of benzene rings is 5. The zero-order valence-electron chi connectivity index (χ0n) is 24.0. The van der Waals surface area contributed by atoms with E-state index in [9.17, 15) is 9.59 Å². The van der Waals surface area contributed by atoms with E-state index in [-0.39, 0.29) is 12.2 Å². The van der Waals surface area contributed by atoms with Crippen LogP contribution in [0.2, 0.25) is 0 Å². The highest BCUT2D eigenvalue weighted by Gasteiger charge is 2.36. The second-order valence-corrected chi connectivity index (χ2v) is 11.4. The summed E-state index contributed by atoms with van der Waals surface area (Å²) in [6, 6.07) is 29.5. The van der Waals surface area contributed by atoms with Gasteiger partial charge in [0.2, 0.25) is 0 Å². The van der Waals surface area contributed by atoms with E-state index in [1.54, 1.807) is 25.5 Å². The molecule has 2 heterocycles. The molecular weight excluding hydrogens is 556 g/mol. The lowest BCUT2D eigenvalue weighted by atomic mass is 9.90. The van der Waals surface area contributed by atoms with E-state index in [4.69, 9.17) is 14.5 Å². The average molecular weight is 585 g/mol. The molecule has 0 radical (unpaired) electrons. The van der Waals surface area contributed by atoms with Crippen LogP contribution in [-0.2, 0) is 9.53 Å². The molecule has 0 bridgehead atoms. The molecule has 6 aromatic rings. The number of aromatic nitrogens is 1. The number of carbonyl (C=O) groups is 1. The first-order valence-corrected chi connectivity index (χ1v) is 15.0. The van der Waals surface area contributed by atoms with Crippen molar-refractivity contribution in [3.8, 4) is 5.75 Å². The average Bonchev–Trinajstić information content (AvgIpc) is 3.33. The molecule has 7 rings (SSSR count). The van der Waals surface area contributed by atoms with E-state index >= 15 is 0 Å². The lowest BCUT2D eigenvalue weighted by Gasteiger charge is -2.27. The van der Waals surface area contributed by atoms with Gasteiger partial charge >= 0.3 is 5.97 Å². The molecular formula is C36H28N2O4S. The Balaban J connectivity index is 1.57. The molecule has 7 heteroatoms. The van der Waals surface area contributed by atoms with Crippen LogP contribution in [0.4, 0.5) is 0 Å². The third kappa shape index (κ3) is 4.35. The van der Waals surface area contributed by atoms with Gasteiger partial charge in [-0.3, -0.25) is 9.36 Å². The summed E-state index contributed by atoms with van der Waals surface area (Å²) in [5.41, 5.74) is 2.31. The Morgan fingerprint density at radius 3 is 2.19 bits per heavy atom. The Labute approximate surface area is 251 Å². The van der Waals surface area contributed by atoms with Crippen molar-refractivity contribution in [2.75, 3.05) is 13.7 Å². The minimum atomic E-state index is -0.789. The normalized spacial score (nSPS) is 15.1. The van der Waals surface area contributed by atoms with Gasteiger partial charge in [0.05, 0.1) is 29.5 Å². The maximum Gasteiger partial charge on any atom is 0.338 e. The van der Waals surface area contributed by atoms with E-state index in [0.29, 0.717) is 26.4 Å². The number of hydrogen-bond donors (Lipinski definition) is 0. The number of allylic oxidation sites excluding steroid dienone is 1. The summed E-state index contributed by atoms with van der Waals surface area (Å²) in [5, 5.41) is 6.17. The summed E-state index contributed by atoms with van der Waals surface area (Å²) < 4.78 is 13.5. The highest BCUT2D eigenvalue weighted by molar-refractivity contribution is 7.07. The van der Waals surface area contributed by atoms with Crippen LogP contribution in [-0.4, -0.2) is 24.3 Å². The predicted octanol–water partition coefficient (Wildman–Crippen LogP) is 6.27. The van der Waals surface area contributed by atoms with Gasteiger partial charge in [0.25, 0.3) is 5.56 Å². The number of fused-ring (bicyclic) bond motifs is 4. The van der Waals surface area contributed by atoms with Crippen LogP contribution in [0.1, 0.15) is 31.0 Å². The molecule has 0 aliphatic carbocycles. The molecule has 0 N–H and O–H groups in total. The second kappa shape index (κ2) is 10.7. The number of ether oxygens (including phenoxy) is 2. The van der Waals surface area contributed by atoms with Crippen LogP contribution in [0.5, 0.6) is 5.75 Å². The molecule has 1 aliphatic rings. The molecule has 43 heavy (non-hydrogen) atoms. The molecule has 5 aromatic carbocycles. The van der Waals surface area contributed by atoms with Crippen LogP contribution >= 0.6 is 11.3 Å². The number of esters is 1. The van der Waals surface area contributed by atoms with Crippen LogP contribution in [0.3, 0.4) is 0 Å². The van der Waals surface area contributed by atoms with Gasteiger partial charge in [-0.25, -0.2) is 9.79 Å². The largest absolute Gasteiger partial charge is 0.496 e. The van der Waals surface area contributed by atoms with Crippen molar-refractivity contribution in [2.45, 2.75) is 19.9 Å². The fourth-order valence-corrected chi connectivity index (χ4v) is 7.16. The van der Waals surface area contributed by atoms with Crippen LogP contribution < -0.4 is 19.6 Å². The van der Waals surface area contributed by atoms with Gasteiger partial charge in [-0.2, -0.15) is 0 Å². The third-order valence-corrected chi connectivity index (χ3v) is 9.01. The summed E-state index contributed by atoms with van der Waals surface area (Å²) in [5.74, 6) is 0.0767. The molecule has 0 saturated heterocycles. The minimum Gasteiger partial charge on any atom is -0.496 e. The molecule has 212 valence electrons. The van der Waals surface area contributed by atoms with Crippen molar-refractivity contribution >= 4 is 55.7 Å². The van der Waals surface area contributed by atoms with Gasteiger partial charge in [0.1, 0.15) is 11.8 Å². The molecule has 1 aliphatic heterocycles. The zero-order valence-corrected chi connectivity index (χ0v) is 24.8. The van der Waals surface area contributed by atoms with Crippen molar-refractivity contribution in [3.05, 3.63) is 133 Å². The Kier molecular flexibility index (Phi) is 6.67. The molecule has 1 atom stereocenters. The Morgan fingerprint density at radius 1 is 0.907 bits per heavy atom. The van der Waals surface area contributed by atoms with Crippen molar-refractivity contribution in [1.29, 1.82) is 0 Å². The maximum atomic E-state index is 14.5. The summed E-state index contributed by atoms with van der Waals surface area (Å²) in [6.45, 7) is 3.77. The topological polar surface area (TPSA) is 69.9 Å². The van der Waals surface area contributed by atoms with Gasteiger partial charge in [-0.05, 0) is 69.9 Å². The third-order valence-electron chi connectivity index (χ3n) is 8.03. The predicted molar refractivity (Wildman–Crippen MR) is 172 cm³/mol. The molecule has 0 saturated carbocycles. The van der Waals surface area contributed by atoms with Crippen LogP contribution in [0.25, 0.3) is 38.4 Å². The Hall–Kier alpha value is -5.01. The first-order valence-electron chi connectivity index (χ1n) is 14.2. The van der Waals surface area contributed by atoms with E-state index < -0.39 is 12.0 Å². The number of nitrogens with zero attached hydrogens (tertiary/aromatic N) is 2. The monoisotopic (exact) mass is 584 g/mol.